The van der Waals surface area contributed by atoms with Gasteiger partial charge in [-0.15, -0.1) is 5.10 Å². The summed E-state index contributed by atoms with van der Waals surface area (Å²) in [6, 6.07) is 1.66. The van der Waals surface area contributed by atoms with Gasteiger partial charge in [-0.1, -0.05) is 4.49 Å². The number of carbonyl (C=O) groups excluding carboxylic acids is 1. The summed E-state index contributed by atoms with van der Waals surface area (Å²) >= 11 is 1.07. The van der Waals surface area contributed by atoms with Gasteiger partial charge in [-0.3, -0.25) is 4.79 Å². The molecule has 0 radical (unpaired) electrons. The topological polar surface area (TPSA) is 80.7 Å². The van der Waals surface area contributed by atoms with Crippen molar-refractivity contribution in [2.24, 2.45) is 0 Å². The average Bonchev–Trinajstić information content (AvgIpc) is 2.66. The number of aryl methyl sites for hydroxylation is 1. The summed E-state index contributed by atoms with van der Waals surface area (Å²) in [5.41, 5.74) is 1.22. The Balaban J connectivity index is 2.15. The van der Waals surface area contributed by atoms with E-state index in [4.69, 9.17) is 0 Å². The Morgan fingerprint density at radius 1 is 1.47 bits per heavy atom. The zero-order valence-corrected chi connectivity index (χ0v) is 8.65. The second-order valence-corrected chi connectivity index (χ2v) is 3.53. The van der Waals surface area contributed by atoms with Gasteiger partial charge in [-0.2, -0.15) is 10.2 Å². The molecule has 0 spiro atoms. The standard InChI is InChI=1S/C8H7N5OS/c1-5-7(15-13-12-5)8(14)11-6-2-3-9-10-4-6/h2-4H,1H3,(H,9,11,14). The minimum Gasteiger partial charge on any atom is -0.320 e. The molecule has 0 saturated carbocycles. The first-order valence-corrected chi connectivity index (χ1v) is 4.91. The largest absolute Gasteiger partial charge is 0.320 e. The Morgan fingerprint density at radius 2 is 2.33 bits per heavy atom. The summed E-state index contributed by atoms with van der Waals surface area (Å²) in [6.07, 6.45) is 2.98. The molecular formula is C8H7N5OS. The van der Waals surface area contributed by atoms with Gasteiger partial charge in [0, 0.05) is 0 Å². The molecule has 2 aromatic heterocycles. The van der Waals surface area contributed by atoms with E-state index in [0.717, 1.165) is 11.5 Å². The van der Waals surface area contributed by atoms with Crippen LogP contribution in [0.2, 0.25) is 0 Å². The molecule has 6 nitrogen and oxygen atoms in total. The number of nitrogens with zero attached hydrogens (tertiary/aromatic N) is 4. The number of rotatable bonds is 2. The van der Waals surface area contributed by atoms with Crippen LogP contribution in [0.5, 0.6) is 0 Å². The van der Waals surface area contributed by atoms with Crippen molar-refractivity contribution in [1.82, 2.24) is 19.8 Å². The van der Waals surface area contributed by atoms with E-state index in [1.807, 2.05) is 0 Å². The van der Waals surface area contributed by atoms with Crippen LogP contribution in [0.4, 0.5) is 5.69 Å². The van der Waals surface area contributed by atoms with E-state index in [1.165, 1.54) is 12.4 Å². The summed E-state index contributed by atoms with van der Waals surface area (Å²) in [6.45, 7) is 1.74. The van der Waals surface area contributed by atoms with E-state index in [9.17, 15) is 4.79 Å². The third kappa shape index (κ3) is 2.13. The smallest absolute Gasteiger partial charge is 0.269 e. The van der Waals surface area contributed by atoms with Crippen LogP contribution in [0.15, 0.2) is 18.5 Å². The molecule has 2 aromatic rings. The van der Waals surface area contributed by atoms with Crippen molar-refractivity contribution < 1.29 is 4.79 Å². The molecule has 0 bridgehead atoms. The van der Waals surface area contributed by atoms with Gasteiger partial charge in [0.15, 0.2) is 0 Å². The monoisotopic (exact) mass is 221 g/mol. The van der Waals surface area contributed by atoms with E-state index in [0.29, 0.717) is 16.3 Å². The number of nitrogens with one attached hydrogen (secondary N) is 1. The van der Waals surface area contributed by atoms with Gasteiger partial charge in [0.1, 0.15) is 4.88 Å². The van der Waals surface area contributed by atoms with E-state index in [1.54, 1.807) is 13.0 Å². The maximum Gasteiger partial charge on any atom is 0.269 e. The lowest BCUT2D eigenvalue weighted by molar-refractivity contribution is 0.103. The number of amides is 1. The third-order valence-corrected chi connectivity index (χ3v) is 2.53. The molecule has 0 aromatic carbocycles. The fraction of sp³-hybridized carbons (Fsp3) is 0.125. The normalized spacial score (nSPS) is 9.93. The van der Waals surface area contributed by atoms with Crippen LogP contribution >= 0.6 is 11.5 Å². The summed E-state index contributed by atoms with van der Waals surface area (Å²) in [4.78, 5) is 12.2. The van der Waals surface area contributed by atoms with Crippen LogP contribution in [-0.2, 0) is 0 Å². The SMILES string of the molecule is Cc1nnsc1C(=O)Nc1ccnnc1. The minimum absolute atomic E-state index is 0.226. The van der Waals surface area contributed by atoms with Gasteiger partial charge in [-0.05, 0) is 24.5 Å². The van der Waals surface area contributed by atoms with Crippen LogP contribution in [-0.4, -0.2) is 25.7 Å². The summed E-state index contributed by atoms with van der Waals surface area (Å²) in [5, 5.41) is 13.7. The first kappa shape index (κ1) is 9.66. The van der Waals surface area contributed by atoms with Gasteiger partial charge in [0.25, 0.3) is 5.91 Å². The molecule has 0 aliphatic carbocycles. The second-order valence-electron chi connectivity index (χ2n) is 2.77. The van der Waals surface area contributed by atoms with Crippen molar-refractivity contribution in [3.05, 3.63) is 29.0 Å². The first-order valence-electron chi connectivity index (χ1n) is 4.14. The third-order valence-electron chi connectivity index (χ3n) is 1.70. The molecule has 1 amide bonds. The van der Waals surface area contributed by atoms with Crippen LogP contribution in [0.3, 0.4) is 0 Å². The number of aromatic nitrogens is 4. The molecule has 2 rings (SSSR count). The lowest BCUT2D eigenvalue weighted by Gasteiger charge is -2.01. The molecule has 15 heavy (non-hydrogen) atoms. The van der Waals surface area contributed by atoms with Gasteiger partial charge in [-0.25, -0.2) is 0 Å². The zero-order chi connectivity index (χ0) is 10.7. The highest BCUT2D eigenvalue weighted by atomic mass is 32.1. The van der Waals surface area contributed by atoms with Gasteiger partial charge in [0.05, 0.1) is 23.8 Å². The van der Waals surface area contributed by atoms with Crippen molar-refractivity contribution in [2.45, 2.75) is 6.92 Å². The number of hydrogen-bond donors (Lipinski definition) is 1. The number of carbonyl (C=O) groups is 1. The molecule has 0 unspecified atom stereocenters. The molecule has 7 heteroatoms. The average molecular weight is 221 g/mol. The molecule has 1 N–H and O–H groups in total. The van der Waals surface area contributed by atoms with Gasteiger partial charge >= 0.3 is 0 Å². The van der Waals surface area contributed by atoms with Crippen LogP contribution in [0, 0.1) is 6.92 Å². The van der Waals surface area contributed by atoms with Crippen molar-refractivity contribution >= 4 is 23.1 Å². The Labute approximate surface area is 89.5 Å². The van der Waals surface area contributed by atoms with Crippen LogP contribution < -0.4 is 5.32 Å². The molecular weight excluding hydrogens is 214 g/mol. The maximum atomic E-state index is 11.7. The van der Waals surface area contributed by atoms with Crippen molar-refractivity contribution in [1.29, 1.82) is 0 Å². The number of anilines is 1. The van der Waals surface area contributed by atoms with Crippen LogP contribution in [0.25, 0.3) is 0 Å². The summed E-state index contributed by atoms with van der Waals surface area (Å²) in [5.74, 6) is -0.226. The molecule has 2 heterocycles. The Kier molecular flexibility index (Phi) is 2.64. The molecule has 76 valence electrons. The Morgan fingerprint density at radius 3 is 2.93 bits per heavy atom. The molecule has 0 aliphatic heterocycles. The van der Waals surface area contributed by atoms with Crippen molar-refractivity contribution in [2.75, 3.05) is 5.32 Å². The van der Waals surface area contributed by atoms with Crippen molar-refractivity contribution in [3.63, 3.8) is 0 Å². The second kappa shape index (κ2) is 4.09. The fourth-order valence-electron chi connectivity index (χ4n) is 0.992. The van der Waals surface area contributed by atoms with E-state index in [-0.39, 0.29) is 5.91 Å². The van der Waals surface area contributed by atoms with Crippen molar-refractivity contribution in [3.8, 4) is 0 Å². The minimum atomic E-state index is -0.226. The fourth-order valence-corrected chi connectivity index (χ4v) is 1.54. The van der Waals surface area contributed by atoms with Gasteiger partial charge in [0.2, 0.25) is 0 Å². The highest BCUT2D eigenvalue weighted by Crippen LogP contribution is 2.12. The molecule has 0 atom stereocenters. The quantitative estimate of drug-likeness (QED) is 0.814. The number of hydrogen-bond acceptors (Lipinski definition) is 6. The van der Waals surface area contributed by atoms with E-state index < -0.39 is 0 Å². The zero-order valence-electron chi connectivity index (χ0n) is 7.84. The lowest BCUT2D eigenvalue weighted by Crippen LogP contribution is -2.11. The van der Waals surface area contributed by atoms with Crippen LogP contribution in [0.1, 0.15) is 15.4 Å². The molecule has 0 fully saturated rings. The summed E-state index contributed by atoms with van der Waals surface area (Å²) in [7, 11) is 0. The maximum absolute atomic E-state index is 11.7. The Hall–Kier alpha value is -1.89. The van der Waals surface area contributed by atoms with E-state index in [2.05, 4.69) is 25.1 Å². The first-order chi connectivity index (χ1) is 7.27. The predicted octanol–water partition coefficient (Wildman–Crippen LogP) is 0.889. The highest BCUT2D eigenvalue weighted by molar-refractivity contribution is 7.08. The van der Waals surface area contributed by atoms with E-state index >= 15 is 0 Å². The Bertz CT molecular complexity index is 469. The lowest BCUT2D eigenvalue weighted by atomic mass is 10.3. The van der Waals surface area contributed by atoms with Gasteiger partial charge < -0.3 is 5.32 Å². The molecule has 0 aliphatic rings. The predicted molar refractivity (Wildman–Crippen MR) is 54.6 cm³/mol. The summed E-state index contributed by atoms with van der Waals surface area (Å²) < 4.78 is 3.69. The molecule has 0 saturated heterocycles. The highest BCUT2D eigenvalue weighted by Gasteiger charge is 2.12.